The molecule has 348 valence electrons. The number of rotatable bonds is 14. The van der Waals surface area contributed by atoms with Crippen molar-refractivity contribution in [2.45, 2.75) is 115 Å². The highest BCUT2D eigenvalue weighted by molar-refractivity contribution is 7.91. The Balaban J connectivity index is 1.26. The van der Waals surface area contributed by atoms with E-state index >= 15 is 0 Å². The Hall–Kier alpha value is -5.72. The molecule has 3 heterocycles. The first kappa shape index (κ1) is 47.2. The SMILES string of the molecule is C=C=C1C[C@]1(NC(=O)[C@@H]1C[C@@H](Oc2cc(-c3nc(C(C)C)cs3)nc3c(C)c(OC)ccc23)CN1C(=O)[C@@H](Nc1cc(F)cc(OC(F)(F)F)c1)C(C)(C)C)C(=O)NS(=O)(=O)C1(C)CC1. The second kappa shape index (κ2) is 16.9. The van der Waals surface area contributed by atoms with E-state index in [9.17, 15) is 40.4 Å². The molecular weight excluding hydrogens is 893 g/mol. The molecule has 4 atom stereocenters. The van der Waals surface area contributed by atoms with Gasteiger partial charge in [0.25, 0.3) is 5.91 Å². The average molecular weight is 943 g/mol. The van der Waals surface area contributed by atoms with Crippen molar-refractivity contribution in [1.29, 1.82) is 0 Å². The van der Waals surface area contributed by atoms with Gasteiger partial charge >= 0.3 is 6.36 Å². The number of pyridine rings is 1. The zero-order chi connectivity index (χ0) is 47.6. The molecule has 7 rings (SSSR count). The summed E-state index contributed by atoms with van der Waals surface area (Å²) in [6.45, 7) is 15.8. The number of carbonyl (C=O) groups excluding carboxylic acids is 3. The van der Waals surface area contributed by atoms with E-state index in [4.69, 9.17) is 19.4 Å². The van der Waals surface area contributed by atoms with Gasteiger partial charge in [0.1, 0.15) is 52.0 Å². The van der Waals surface area contributed by atoms with Crippen molar-refractivity contribution in [2.24, 2.45) is 5.41 Å². The molecule has 2 aromatic heterocycles. The fourth-order valence-corrected chi connectivity index (χ4v) is 9.99. The summed E-state index contributed by atoms with van der Waals surface area (Å²) in [5.41, 5.74) is 2.42. The lowest BCUT2D eigenvalue weighted by Crippen LogP contribution is -2.58. The molecule has 2 aromatic carbocycles. The van der Waals surface area contributed by atoms with E-state index in [2.05, 4.69) is 32.4 Å². The third-order valence-corrected chi connectivity index (χ3v) is 15.0. The number of carbonyl (C=O) groups is 3. The number of ether oxygens (including phenoxy) is 3. The minimum absolute atomic E-state index is 0.0984. The van der Waals surface area contributed by atoms with Gasteiger partial charge < -0.3 is 29.7 Å². The Labute approximate surface area is 377 Å². The second-order valence-corrected chi connectivity index (χ2v) is 21.3. The highest BCUT2D eigenvalue weighted by atomic mass is 32.2. The molecule has 14 nitrogen and oxygen atoms in total. The molecule has 3 aliphatic rings. The van der Waals surface area contributed by atoms with E-state index in [0.29, 0.717) is 52.0 Å². The molecule has 2 saturated carbocycles. The van der Waals surface area contributed by atoms with Crippen LogP contribution in [0.2, 0.25) is 0 Å². The fraction of sp³-hybridized carbons (Fsp3) is 0.467. The smallest absolute Gasteiger partial charge is 0.496 e. The van der Waals surface area contributed by atoms with Crippen molar-refractivity contribution in [1.82, 2.24) is 24.9 Å². The molecule has 0 spiro atoms. The Morgan fingerprint density at radius 2 is 1.77 bits per heavy atom. The van der Waals surface area contributed by atoms with Gasteiger partial charge in [-0.2, -0.15) is 0 Å². The van der Waals surface area contributed by atoms with E-state index < -0.39 is 79.6 Å². The maximum absolute atomic E-state index is 15.0. The molecule has 2 aliphatic carbocycles. The third kappa shape index (κ3) is 9.65. The lowest BCUT2D eigenvalue weighted by atomic mass is 9.85. The van der Waals surface area contributed by atoms with E-state index in [0.717, 1.165) is 23.4 Å². The van der Waals surface area contributed by atoms with Gasteiger partial charge in [0.05, 0.1) is 29.6 Å². The highest BCUT2D eigenvalue weighted by Crippen LogP contribution is 2.46. The number of hydrogen-bond acceptors (Lipinski definition) is 12. The summed E-state index contributed by atoms with van der Waals surface area (Å²) in [4.78, 5) is 54.4. The molecule has 65 heavy (non-hydrogen) atoms. The van der Waals surface area contributed by atoms with Crippen LogP contribution >= 0.6 is 11.3 Å². The number of alkyl halides is 3. The van der Waals surface area contributed by atoms with Gasteiger partial charge in [0.15, 0.2) is 5.54 Å². The van der Waals surface area contributed by atoms with Crippen LogP contribution in [0.4, 0.5) is 23.2 Å². The van der Waals surface area contributed by atoms with Crippen LogP contribution in [0.3, 0.4) is 0 Å². The van der Waals surface area contributed by atoms with Gasteiger partial charge in [0.2, 0.25) is 21.8 Å². The second-order valence-electron chi connectivity index (χ2n) is 18.3. The number of nitrogens with one attached hydrogen (secondary N) is 3. The quantitative estimate of drug-likeness (QED) is 0.0835. The van der Waals surface area contributed by atoms with E-state index in [1.165, 1.54) is 23.2 Å². The van der Waals surface area contributed by atoms with Crippen molar-refractivity contribution >= 4 is 55.7 Å². The topological polar surface area (TPSA) is 178 Å². The van der Waals surface area contributed by atoms with E-state index in [-0.39, 0.29) is 36.6 Å². The zero-order valence-electron chi connectivity index (χ0n) is 37.0. The van der Waals surface area contributed by atoms with Crippen LogP contribution < -0.4 is 29.6 Å². The summed E-state index contributed by atoms with van der Waals surface area (Å²) in [5.74, 6) is -3.41. The van der Waals surface area contributed by atoms with E-state index in [1.807, 2.05) is 26.2 Å². The van der Waals surface area contributed by atoms with Crippen molar-refractivity contribution in [2.75, 3.05) is 19.0 Å². The number of amides is 3. The van der Waals surface area contributed by atoms with Gasteiger partial charge in [-0.15, -0.1) is 30.2 Å². The first-order valence-corrected chi connectivity index (χ1v) is 23.2. The molecule has 0 bridgehead atoms. The number of aromatic nitrogens is 2. The molecule has 1 aliphatic heterocycles. The third-order valence-electron chi connectivity index (χ3n) is 12.0. The molecule has 3 fully saturated rings. The maximum atomic E-state index is 15.0. The number of benzene rings is 2. The van der Waals surface area contributed by atoms with Gasteiger partial charge in [-0.1, -0.05) is 41.2 Å². The first-order chi connectivity index (χ1) is 30.3. The fourth-order valence-electron chi connectivity index (χ4n) is 7.75. The highest BCUT2D eigenvalue weighted by Gasteiger charge is 2.61. The summed E-state index contributed by atoms with van der Waals surface area (Å²) in [6, 6.07) is 4.96. The Kier molecular flexibility index (Phi) is 12.3. The van der Waals surface area contributed by atoms with Gasteiger partial charge in [-0.25, -0.2) is 22.8 Å². The summed E-state index contributed by atoms with van der Waals surface area (Å²) >= 11 is 1.41. The molecule has 4 aromatic rings. The van der Waals surface area contributed by atoms with Gasteiger partial charge in [0, 0.05) is 58.6 Å². The normalized spacial score (nSPS) is 20.8. The van der Waals surface area contributed by atoms with E-state index in [1.54, 1.807) is 46.1 Å². The van der Waals surface area contributed by atoms with Crippen LogP contribution in [0.15, 0.2) is 59.7 Å². The predicted molar refractivity (Wildman–Crippen MR) is 236 cm³/mol. The predicted octanol–water partition coefficient (Wildman–Crippen LogP) is 7.68. The van der Waals surface area contributed by atoms with Crippen molar-refractivity contribution < 1.29 is 54.6 Å². The number of hydrogen-bond donors (Lipinski definition) is 3. The van der Waals surface area contributed by atoms with Crippen LogP contribution in [0.25, 0.3) is 21.6 Å². The zero-order valence-corrected chi connectivity index (χ0v) is 38.7. The molecule has 0 radical (unpaired) electrons. The molecule has 20 heteroatoms. The largest absolute Gasteiger partial charge is 0.573 e. The summed E-state index contributed by atoms with van der Waals surface area (Å²) in [6.07, 6.45) is -5.57. The minimum atomic E-state index is -5.13. The van der Waals surface area contributed by atoms with Crippen LogP contribution in [-0.4, -0.2) is 89.5 Å². The van der Waals surface area contributed by atoms with Crippen molar-refractivity contribution in [3.05, 3.63) is 76.7 Å². The van der Waals surface area contributed by atoms with Crippen molar-refractivity contribution in [3.8, 4) is 28.0 Å². The summed E-state index contributed by atoms with van der Waals surface area (Å²) < 4.78 is 97.9. The van der Waals surface area contributed by atoms with Crippen LogP contribution in [0, 0.1) is 18.2 Å². The van der Waals surface area contributed by atoms with Crippen LogP contribution in [0.1, 0.15) is 84.4 Å². The number of sulfonamides is 1. The number of anilines is 1. The number of aryl methyl sites for hydroxylation is 1. The van der Waals surface area contributed by atoms with Gasteiger partial charge in [-0.05, 0) is 56.2 Å². The number of methoxy groups -OCH3 is 1. The van der Waals surface area contributed by atoms with Crippen molar-refractivity contribution in [3.63, 3.8) is 0 Å². The lowest BCUT2D eigenvalue weighted by Gasteiger charge is -2.36. The molecular formula is C45H50F4N6O8S2. The summed E-state index contributed by atoms with van der Waals surface area (Å²) in [7, 11) is -2.59. The number of fused-ring (bicyclic) bond motifs is 1. The Bertz CT molecular complexity index is 2740. The van der Waals surface area contributed by atoms with Gasteiger partial charge in [-0.3, -0.25) is 19.1 Å². The Morgan fingerprint density at radius 1 is 1.06 bits per heavy atom. The molecule has 3 N–H and O–H groups in total. The number of nitrogens with zero attached hydrogens (tertiary/aromatic N) is 3. The van der Waals surface area contributed by atoms with Crippen LogP contribution in [-0.2, 0) is 24.4 Å². The number of thiazole rings is 1. The summed E-state index contributed by atoms with van der Waals surface area (Å²) in [5, 5.41) is 8.74. The molecule has 0 unspecified atom stereocenters. The maximum Gasteiger partial charge on any atom is 0.573 e. The monoisotopic (exact) mass is 942 g/mol. The minimum Gasteiger partial charge on any atom is -0.496 e. The first-order valence-electron chi connectivity index (χ1n) is 20.8. The molecule has 1 saturated heterocycles. The number of halogens is 4. The lowest BCUT2D eigenvalue weighted by molar-refractivity contribution is -0.274. The molecule has 3 amide bonds. The van der Waals surface area contributed by atoms with Crippen LogP contribution in [0.5, 0.6) is 17.2 Å². The Morgan fingerprint density at radius 3 is 2.35 bits per heavy atom. The average Bonchev–Trinajstić information content (AvgIpc) is 3.99. The standard InChI is InChI=1S/C45H50F4N6O8S2/c1-10-25-20-44(25,41(58)54-65(59,60)43(8)13-14-43)53-38(56)33-18-29(21-55(33)40(57)37(42(5,6)7)50-27-15-26(46)16-28(17-27)63-45(47,48)49)62-35-19-31(39-52-32(22-64-39)23(2)3)51-36-24(4)34(61-9)12-11-30(35)36/h11-12,15-17,19,22-23,29,33,37,50H,1,13-14,18,20-21H2,2-9H3,(H,53,56)(H,54,58)/t29-,33+,37-,44-/m1/s1. The number of likely N-dealkylation sites (tertiary alicyclic amines) is 1.